The molecule has 0 radical (unpaired) electrons. The molecule has 4 aromatic rings. The summed E-state index contributed by atoms with van der Waals surface area (Å²) < 4.78 is 19.2. The fraction of sp³-hybridized carbons (Fsp3) is 0.303. The molecule has 6 rings (SSSR count). The van der Waals surface area contributed by atoms with E-state index in [2.05, 4.69) is 30.9 Å². The van der Waals surface area contributed by atoms with Crippen LogP contribution < -0.4 is 19.8 Å². The zero-order chi connectivity index (χ0) is 29.2. The van der Waals surface area contributed by atoms with Crippen molar-refractivity contribution in [3.8, 4) is 0 Å². The van der Waals surface area contributed by atoms with Gasteiger partial charge in [-0.2, -0.15) is 0 Å². The molecule has 1 atom stereocenters. The molecule has 2 aromatic heterocycles. The molecule has 0 N–H and O–H groups in total. The number of anilines is 1. The van der Waals surface area contributed by atoms with E-state index in [0.29, 0.717) is 45.5 Å². The quantitative estimate of drug-likeness (QED) is 0.298. The van der Waals surface area contributed by atoms with Gasteiger partial charge in [0.15, 0.2) is 10.7 Å². The van der Waals surface area contributed by atoms with E-state index >= 15 is 0 Å². The first-order chi connectivity index (χ1) is 20.4. The zero-order valence-electron chi connectivity index (χ0n) is 23.9. The van der Waals surface area contributed by atoms with Crippen LogP contribution in [0.25, 0.3) is 11.8 Å². The van der Waals surface area contributed by atoms with Crippen molar-refractivity contribution >= 4 is 35.0 Å². The highest BCUT2D eigenvalue weighted by Crippen LogP contribution is 2.35. The van der Waals surface area contributed by atoms with Crippen LogP contribution in [0.2, 0.25) is 0 Å². The van der Waals surface area contributed by atoms with Crippen molar-refractivity contribution in [3.05, 3.63) is 114 Å². The van der Waals surface area contributed by atoms with Gasteiger partial charge in [-0.25, -0.2) is 9.79 Å². The van der Waals surface area contributed by atoms with Crippen molar-refractivity contribution in [2.75, 3.05) is 37.8 Å². The summed E-state index contributed by atoms with van der Waals surface area (Å²) in [5.41, 5.74) is 3.37. The molecule has 0 spiro atoms. The van der Waals surface area contributed by atoms with Crippen molar-refractivity contribution in [2.24, 2.45) is 4.99 Å². The van der Waals surface area contributed by atoms with Gasteiger partial charge in [-0.1, -0.05) is 79.8 Å². The van der Waals surface area contributed by atoms with Gasteiger partial charge in [-0.05, 0) is 30.0 Å². The van der Waals surface area contributed by atoms with Gasteiger partial charge in [0.1, 0.15) is 5.76 Å². The first-order valence-corrected chi connectivity index (χ1v) is 15.1. The van der Waals surface area contributed by atoms with E-state index in [0.717, 1.165) is 30.1 Å². The van der Waals surface area contributed by atoms with Crippen LogP contribution in [-0.4, -0.2) is 43.4 Å². The SMILES string of the molecule is CCOC(=O)C1=C(c2ccccc2)N=c2s/c(=C\c3ccc(N4CCOCC4)o3)c(=O)n2[C@H]1c1ccc(C(C)C)cc1. The first kappa shape index (κ1) is 27.9. The van der Waals surface area contributed by atoms with Crippen LogP contribution in [0.1, 0.15) is 55.2 Å². The van der Waals surface area contributed by atoms with Crippen molar-refractivity contribution in [3.63, 3.8) is 0 Å². The predicted molar refractivity (Wildman–Crippen MR) is 163 cm³/mol. The van der Waals surface area contributed by atoms with E-state index in [4.69, 9.17) is 18.9 Å². The number of fused-ring (bicyclic) bond motifs is 1. The summed E-state index contributed by atoms with van der Waals surface area (Å²) in [7, 11) is 0. The largest absolute Gasteiger partial charge is 0.463 e. The molecular weight excluding hydrogens is 550 g/mol. The lowest BCUT2D eigenvalue weighted by Gasteiger charge is -2.26. The van der Waals surface area contributed by atoms with Crippen molar-refractivity contribution in [1.82, 2.24) is 4.57 Å². The predicted octanol–water partition coefficient (Wildman–Crippen LogP) is 4.49. The van der Waals surface area contributed by atoms with Crippen LogP contribution in [0.5, 0.6) is 0 Å². The number of morpholine rings is 1. The number of nitrogens with zero attached hydrogens (tertiary/aromatic N) is 3. The minimum atomic E-state index is -0.709. The molecule has 2 aliphatic heterocycles. The van der Waals surface area contributed by atoms with E-state index in [9.17, 15) is 9.59 Å². The highest BCUT2D eigenvalue weighted by Gasteiger charge is 2.35. The third-order valence-electron chi connectivity index (χ3n) is 7.50. The highest BCUT2D eigenvalue weighted by atomic mass is 32.1. The third-order valence-corrected chi connectivity index (χ3v) is 8.48. The third kappa shape index (κ3) is 5.37. The van der Waals surface area contributed by atoms with Crippen molar-refractivity contribution in [2.45, 2.75) is 32.7 Å². The van der Waals surface area contributed by atoms with Gasteiger partial charge >= 0.3 is 5.97 Å². The number of esters is 1. The van der Waals surface area contributed by atoms with E-state index < -0.39 is 12.0 Å². The smallest absolute Gasteiger partial charge is 0.338 e. The number of benzene rings is 2. The Labute approximate surface area is 247 Å². The average Bonchev–Trinajstić information content (AvgIpc) is 3.61. The number of furan rings is 1. The Morgan fingerprint density at radius 1 is 1.07 bits per heavy atom. The normalized spacial score (nSPS) is 17.4. The Bertz CT molecular complexity index is 1790. The summed E-state index contributed by atoms with van der Waals surface area (Å²) in [6, 6.07) is 20.7. The summed E-state index contributed by atoms with van der Waals surface area (Å²) in [6.45, 7) is 9.06. The van der Waals surface area contributed by atoms with Crippen LogP contribution in [0.3, 0.4) is 0 Å². The molecule has 2 aromatic carbocycles. The molecule has 0 aliphatic carbocycles. The second kappa shape index (κ2) is 12.0. The maximum Gasteiger partial charge on any atom is 0.338 e. The van der Waals surface area contributed by atoms with Crippen molar-refractivity contribution < 1.29 is 18.7 Å². The zero-order valence-corrected chi connectivity index (χ0v) is 24.7. The van der Waals surface area contributed by atoms with Gasteiger partial charge < -0.3 is 18.8 Å². The maximum atomic E-state index is 14.1. The van der Waals surface area contributed by atoms with Crippen LogP contribution in [-0.2, 0) is 14.3 Å². The molecule has 2 aliphatic rings. The summed E-state index contributed by atoms with van der Waals surface area (Å²) >= 11 is 1.28. The minimum absolute atomic E-state index is 0.206. The van der Waals surface area contributed by atoms with Gasteiger partial charge in [0.2, 0.25) is 0 Å². The van der Waals surface area contributed by atoms with Gasteiger partial charge in [-0.15, -0.1) is 0 Å². The van der Waals surface area contributed by atoms with E-state index in [1.807, 2.05) is 54.6 Å². The first-order valence-electron chi connectivity index (χ1n) is 14.3. The highest BCUT2D eigenvalue weighted by molar-refractivity contribution is 7.07. The number of carbonyl (C=O) groups is 1. The van der Waals surface area contributed by atoms with E-state index in [1.165, 1.54) is 16.9 Å². The molecular formula is C33H33N3O5S. The number of ether oxygens (including phenoxy) is 2. The van der Waals surface area contributed by atoms with Crippen molar-refractivity contribution in [1.29, 1.82) is 0 Å². The van der Waals surface area contributed by atoms with Crippen LogP contribution in [0.15, 0.2) is 86.5 Å². The van der Waals surface area contributed by atoms with Crippen LogP contribution in [0, 0.1) is 0 Å². The fourth-order valence-corrected chi connectivity index (χ4v) is 6.30. The van der Waals surface area contributed by atoms with Gasteiger partial charge in [-0.3, -0.25) is 9.36 Å². The molecule has 0 saturated carbocycles. The number of hydrogen-bond acceptors (Lipinski definition) is 8. The lowest BCUT2D eigenvalue weighted by molar-refractivity contribution is -0.138. The van der Waals surface area contributed by atoms with Crippen LogP contribution in [0.4, 0.5) is 5.88 Å². The second-order valence-electron chi connectivity index (χ2n) is 10.5. The molecule has 1 fully saturated rings. The average molecular weight is 584 g/mol. The lowest BCUT2D eigenvalue weighted by Crippen LogP contribution is -2.40. The molecule has 0 bridgehead atoms. The lowest BCUT2D eigenvalue weighted by atomic mass is 9.91. The Morgan fingerprint density at radius 3 is 2.50 bits per heavy atom. The Kier molecular flexibility index (Phi) is 7.95. The Morgan fingerprint density at radius 2 is 1.81 bits per heavy atom. The number of rotatable bonds is 7. The van der Waals surface area contributed by atoms with Gasteiger partial charge in [0.25, 0.3) is 5.56 Å². The molecule has 0 amide bonds. The Hall–Kier alpha value is -4.21. The van der Waals surface area contributed by atoms with Gasteiger partial charge in [0, 0.05) is 30.8 Å². The van der Waals surface area contributed by atoms with Crippen LogP contribution >= 0.6 is 11.3 Å². The van der Waals surface area contributed by atoms with E-state index in [1.54, 1.807) is 17.6 Å². The molecule has 0 unspecified atom stereocenters. The monoisotopic (exact) mass is 583 g/mol. The number of hydrogen-bond donors (Lipinski definition) is 0. The number of thiazole rings is 1. The second-order valence-corrected chi connectivity index (χ2v) is 11.5. The molecule has 4 heterocycles. The molecule has 42 heavy (non-hydrogen) atoms. The summed E-state index contributed by atoms with van der Waals surface area (Å²) in [5.74, 6) is 1.18. The minimum Gasteiger partial charge on any atom is -0.463 e. The molecule has 216 valence electrons. The summed E-state index contributed by atoms with van der Waals surface area (Å²) in [4.78, 5) is 35.3. The summed E-state index contributed by atoms with van der Waals surface area (Å²) in [6.07, 6.45) is 1.75. The molecule has 8 nitrogen and oxygen atoms in total. The Balaban J connectivity index is 1.54. The molecule has 9 heteroatoms. The fourth-order valence-electron chi connectivity index (χ4n) is 5.32. The van der Waals surface area contributed by atoms with Gasteiger partial charge in [0.05, 0.1) is 41.7 Å². The summed E-state index contributed by atoms with van der Waals surface area (Å²) in [5, 5.41) is 0. The number of aromatic nitrogens is 1. The number of carbonyl (C=O) groups excluding carboxylic acids is 1. The standard InChI is InChI=1S/C33H33N3O5S/c1-4-40-32(38)28-29(23-8-6-5-7-9-23)34-33-36(30(28)24-12-10-22(11-13-24)21(2)3)31(37)26(42-33)20-25-14-15-27(41-25)35-16-18-39-19-17-35/h5-15,20-21,30H,4,16-19H2,1-3H3/b26-20-/t30-/m0/s1. The van der Waals surface area contributed by atoms with E-state index in [-0.39, 0.29) is 12.2 Å². The maximum absolute atomic E-state index is 14.1. The molecule has 1 saturated heterocycles. The topological polar surface area (TPSA) is 86.3 Å².